The number of amides is 1. The van der Waals surface area contributed by atoms with E-state index in [1.54, 1.807) is 18.3 Å². The van der Waals surface area contributed by atoms with E-state index in [0.29, 0.717) is 33.9 Å². The fourth-order valence-electron chi connectivity index (χ4n) is 5.25. The number of aromatic nitrogens is 2. The van der Waals surface area contributed by atoms with E-state index in [4.69, 9.17) is 9.84 Å². The van der Waals surface area contributed by atoms with Gasteiger partial charge < -0.3 is 4.74 Å². The third kappa shape index (κ3) is 3.98. The summed E-state index contributed by atoms with van der Waals surface area (Å²) in [4.78, 5) is 24.5. The molecule has 2 unspecified atom stereocenters. The third-order valence-electron chi connectivity index (χ3n) is 7.04. The van der Waals surface area contributed by atoms with Crippen LogP contribution < -0.4 is 10.1 Å². The van der Waals surface area contributed by atoms with Crippen LogP contribution in [-0.4, -0.2) is 36.9 Å². The fourth-order valence-corrected chi connectivity index (χ4v) is 6.52. The summed E-state index contributed by atoms with van der Waals surface area (Å²) in [6.45, 7) is 0. The molecule has 40 heavy (non-hydrogen) atoms. The Morgan fingerprint density at radius 3 is 2.77 bits per heavy atom. The fraction of sp³-hybridized carbons (Fsp3) is 0.107. The number of rotatable bonds is 4. The molecule has 0 radical (unpaired) electrons. The molecule has 3 aliphatic heterocycles. The van der Waals surface area contributed by atoms with Crippen LogP contribution in [0, 0.1) is 10.1 Å². The molecule has 1 amide bonds. The lowest BCUT2D eigenvalue weighted by atomic mass is 9.95. The van der Waals surface area contributed by atoms with Gasteiger partial charge in [-0.3, -0.25) is 25.3 Å². The second-order valence-electron chi connectivity index (χ2n) is 9.44. The molecule has 10 nitrogen and oxygen atoms in total. The van der Waals surface area contributed by atoms with E-state index >= 15 is 0 Å². The minimum atomic E-state index is -1.39. The Kier molecular flexibility index (Phi) is 5.75. The number of thioether (sulfide) groups is 1. The molecule has 198 valence electrons. The standard InChI is InChI=1S/C28H19BrN6O4S/c29-19-9-10-24-21(13-19)23-14-22(16-5-2-1-3-6-16)33-34(23)28(39-24)25(40-27(36)31-28)12-18-15-30-32-26(18)17-7-4-8-20(11-17)35(37)38/h1-13,15,23H,14H2,(H,30,32)(H,31,36). The van der Waals surface area contributed by atoms with Crippen LogP contribution in [0.25, 0.3) is 17.3 Å². The molecule has 3 aromatic carbocycles. The van der Waals surface area contributed by atoms with Crippen molar-refractivity contribution in [1.82, 2.24) is 20.5 Å². The second kappa shape index (κ2) is 9.35. The molecular formula is C28H19BrN6O4S. The van der Waals surface area contributed by atoms with Crippen molar-refractivity contribution in [2.75, 3.05) is 0 Å². The van der Waals surface area contributed by atoms with Crippen molar-refractivity contribution in [2.24, 2.45) is 5.10 Å². The minimum Gasteiger partial charge on any atom is -0.444 e. The van der Waals surface area contributed by atoms with Crippen molar-refractivity contribution in [2.45, 2.75) is 18.3 Å². The number of nitro groups is 1. The number of halogens is 1. The number of nitrogens with one attached hydrogen (secondary N) is 2. The first-order valence-electron chi connectivity index (χ1n) is 12.3. The number of benzene rings is 3. The zero-order chi connectivity index (χ0) is 27.4. The summed E-state index contributed by atoms with van der Waals surface area (Å²) < 4.78 is 7.53. The Labute approximate surface area is 240 Å². The van der Waals surface area contributed by atoms with Gasteiger partial charge in [0.2, 0.25) is 0 Å². The highest BCUT2D eigenvalue weighted by atomic mass is 79.9. The molecule has 7 rings (SSSR count). The molecule has 1 spiro atoms. The number of fused-ring (bicyclic) bond motifs is 4. The number of hydrogen-bond acceptors (Lipinski definition) is 8. The highest BCUT2D eigenvalue weighted by Gasteiger charge is 2.58. The number of ether oxygens (including phenoxy) is 1. The summed E-state index contributed by atoms with van der Waals surface area (Å²) in [6.07, 6.45) is 4.06. The first-order chi connectivity index (χ1) is 19.4. The average Bonchev–Trinajstić information content (AvgIpc) is 3.68. The summed E-state index contributed by atoms with van der Waals surface area (Å²) in [5.41, 5.74) is 4.63. The quantitative estimate of drug-likeness (QED) is 0.200. The third-order valence-corrected chi connectivity index (χ3v) is 8.43. The summed E-state index contributed by atoms with van der Waals surface area (Å²) >= 11 is 4.60. The molecule has 2 N–H and O–H groups in total. The van der Waals surface area contributed by atoms with Gasteiger partial charge in [0.05, 0.1) is 33.5 Å². The molecule has 12 heteroatoms. The van der Waals surface area contributed by atoms with Crippen molar-refractivity contribution in [3.8, 4) is 17.0 Å². The van der Waals surface area contributed by atoms with Crippen molar-refractivity contribution in [1.29, 1.82) is 0 Å². The van der Waals surface area contributed by atoms with Crippen LogP contribution in [0.3, 0.4) is 0 Å². The number of hydrogen-bond donors (Lipinski definition) is 2. The van der Waals surface area contributed by atoms with Gasteiger partial charge in [-0.15, -0.1) is 0 Å². The maximum Gasteiger partial charge on any atom is 0.314 e. The summed E-state index contributed by atoms with van der Waals surface area (Å²) in [5, 5.41) is 28.1. The minimum absolute atomic E-state index is 0.0321. The Morgan fingerprint density at radius 2 is 1.95 bits per heavy atom. The van der Waals surface area contributed by atoms with Crippen LogP contribution in [0.4, 0.5) is 10.5 Å². The summed E-state index contributed by atoms with van der Waals surface area (Å²) in [7, 11) is 0. The smallest absolute Gasteiger partial charge is 0.314 e. The van der Waals surface area contributed by atoms with Crippen LogP contribution in [0.5, 0.6) is 5.75 Å². The van der Waals surface area contributed by atoms with Gasteiger partial charge in [-0.1, -0.05) is 58.4 Å². The molecule has 1 saturated heterocycles. The van der Waals surface area contributed by atoms with Gasteiger partial charge >= 0.3 is 5.85 Å². The lowest BCUT2D eigenvalue weighted by Gasteiger charge is -2.45. The van der Waals surface area contributed by atoms with Crippen molar-refractivity contribution < 1.29 is 14.5 Å². The Bertz CT molecular complexity index is 1760. The molecule has 0 bridgehead atoms. The maximum absolute atomic E-state index is 13.0. The molecule has 4 heterocycles. The number of nitrogens with zero attached hydrogens (tertiary/aromatic N) is 4. The largest absolute Gasteiger partial charge is 0.444 e. The topological polar surface area (TPSA) is 126 Å². The number of hydrazone groups is 1. The Morgan fingerprint density at radius 1 is 1.12 bits per heavy atom. The molecular weight excluding hydrogens is 596 g/mol. The Balaban J connectivity index is 1.37. The second-order valence-corrected chi connectivity index (χ2v) is 11.4. The van der Waals surface area contributed by atoms with Gasteiger partial charge in [-0.25, -0.2) is 5.01 Å². The normalized spacial score (nSPS) is 22.1. The number of carbonyl (C=O) groups excluding carboxylic acids is 1. The molecule has 2 atom stereocenters. The summed E-state index contributed by atoms with van der Waals surface area (Å²) in [6, 6.07) is 21.9. The number of aromatic amines is 1. The predicted molar refractivity (Wildman–Crippen MR) is 154 cm³/mol. The lowest BCUT2D eigenvalue weighted by Crippen LogP contribution is -2.61. The van der Waals surface area contributed by atoms with Gasteiger partial charge in [-0.05, 0) is 41.6 Å². The first kappa shape index (κ1) is 24.6. The van der Waals surface area contributed by atoms with E-state index in [1.165, 1.54) is 12.1 Å². The maximum atomic E-state index is 13.0. The number of non-ortho nitro benzene ring substituents is 1. The van der Waals surface area contributed by atoms with Crippen LogP contribution in [0.2, 0.25) is 0 Å². The first-order valence-corrected chi connectivity index (χ1v) is 13.9. The van der Waals surface area contributed by atoms with Gasteiger partial charge in [0.25, 0.3) is 10.9 Å². The van der Waals surface area contributed by atoms with E-state index in [-0.39, 0.29) is 17.0 Å². The van der Waals surface area contributed by atoms with Crippen molar-refractivity contribution >= 4 is 50.4 Å². The summed E-state index contributed by atoms with van der Waals surface area (Å²) in [5.74, 6) is -0.741. The monoisotopic (exact) mass is 614 g/mol. The number of H-pyrrole nitrogens is 1. The molecule has 3 aliphatic rings. The predicted octanol–water partition coefficient (Wildman–Crippen LogP) is 6.44. The highest BCUT2D eigenvalue weighted by Crippen LogP contribution is 2.53. The molecule has 1 aromatic heterocycles. The van der Waals surface area contributed by atoms with Crippen molar-refractivity contribution in [3.05, 3.63) is 115 Å². The van der Waals surface area contributed by atoms with Crippen molar-refractivity contribution in [3.63, 3.8) is 0 Å². The highest BCUT2D eigenvalue weighted by molar-refractivity contribution is 9.10. The van der Waals surface area contributed by atoms with Crippen LogP contribution in [-0.2, 0) is 0 Å². The average molecular weight is 615 g/mol. The zero-order valence-electron chi connectivity index (χ0n) is 20.6. The van der Waals surface area contributed by atoms with Gasteiger partial charge in [0.15, 0.2) is 0 Å². The number of nitro benzene ring substituents is 1. The van der Waals surface area contributed by atoms with E-state index in [2.05, 4.69) is 31.4 Å². The van der Waals surface area contributed by atoms with E-state index in [1.807, 2.05) is 59.6 Å². The van der Waals surface area contributed by atoms with Crippen LogP contribution in [0.1, 0.15) is 29.2 Å². The van der Waals surface area contributed by atoms with Crippen LogP contribution in [0.15, 0.2) is 93.5 Å². The van der Waals surface area contributed by atoms with Crippen LogP contribution >= 0.6 is 27.7 Å². The van der Waals surface area contributed by atoms with E-state index in [0.717, 1.165) is 33.1 Å². The molecule has 0 aliphatic carbocycles. The van der Waals surface area contributed by atoms with Gasteiger partial charge in [0, 0.05) is 39.7 Å². The van der Waals surface area contributed by atoms with Gasteiger partial charge in [0.1, 0.15) is 5.75 Å². The lowest BCUT2D eigenvalue weighted by molar-refractivity contribution is -0.384. The Hall–Kier alpha value is -4.42. The number of carbonyl (C=O) groups is 1. The van der Waals surface area contributed by atoms with Gasteiger partial charge in [-0.2, -0.15) is 10.2 Å². The molecule has 1 fully saturated rings. The zero-order valence-corrected chi connectivity index (χ0v) is 23.0. The molecule has 4 aromatic rings. The molecule has 0 saturated carbocycles. The van der Waals surface area contributed by atoms with E-state index < -0.39 is 10.8 Å². The van der Waals surface area contributed by atoms with E-state index in [9.17, 15) is 14.9 Å². The SMILES string of the molecule is O=C1NC2(Oc3ccc(Br)cc3C3CC(c4ccccc4)=NN32)C(=Cc2cn[nH]c2-c2cccc([N+](=O)[O-])c2)S1.